The van der Waals surface area contributed by atoms with E-state index in [0.29, 0.717) is 17.5 Å². The third kappa shape index (κ3) is 4.35. The van der Waals surface area contributed by atoms with Gasteiger partial charge in [0.2, 0.25) is 0 Å². The Labute approximate surface area is 147 Å². The molecule has 0 radical (unpaired) electrons. The molecule has 128 valence electrons. The van der Waals surface area contributed by atoms with Crippen LogP contribution in [-0.2, 0) is 6.54 Å². The van der Waals surface area contributed by atoms with E-state index < -0.39 is 0 Å². The molecule has 2 N–H and O–H groups in total. The van der Waals surface area contributed by atoms with E-state index in [2.05, 4.69) is 34.7 Å². The zero-order valence-electron chi connectivity index (χ0n) is 14.4. The van der Waals surface area contributed by atoms with Gasteiger partial charge < -0.3 is 10.6 Å². The molecule has 1 fully saturated rings. The molecule has 1 aromatic heterocycles. The molecule has 0 aliphatic heterocycles. The number of hydrogen-bond donors (Lipinski definition) is 2. The first-order chi connectivity index (χ1) is 11.6. The number of nitrogens with zero attached hydrogens (tertiary/aromatic N) is 1. The number of thiazole rings is 1. The second kappa shape index (κ2) is 7.79. The third-order valence-corrected chi connectivity index (χ3v) is 5.60. The molecule has 0 unspecified atom stereocenters. The zero-order chi connectivity index (χ0) is 16.9. The molecule has 1 saturated carbocycles. The largest absolute Gasteiger partial charge is 0.359 e. The Hall–Kier alpha value is -1.88. The lowest BCUT2D eigenvalue weighted by Gasteiger charge is -2.22. The molecular formula is C19H25N3OS. The van der Waals surface area contributed by atoms with Crippen LogP contribution in [-0.4, -0.2) is 16.9 Å². The molecule has 1 aliphatic carbocycles. The Morgan fingerprint density at radius 1 is 1.17 bits per heavy atom. The van der Waals surface area contributed by atoms with Crippen LogP contribution in [0.25, 0.3) is 0 Å². The van der Waals surface area contributed by atoms with Gasteiger partial charge in [0.05, 0.1) is 5.69 Å². The Morgan fingerprint density at radius 3 is 2.58 bits per heavy atom. The van der Waals surface area contributed by atoms with Crippen LogP contribution in [0.2, 0.25) is 0 Å². The average molecular weight is 343 g/mol. The lowest BCUT2D eigenvalue weighted by atomic mass is 9.96. The third-order valence-electron chi connectivity index (χ3n) is 4.51. The average Bonchev–Trinajstić information content (AvgIpc) is 2.95. The van der Waals surface area contributed by atoms with Crippen LogP contribution in [0.1, 0.15) is 58.6 Å². The van der Waals surface area contributed by atoms with Gasteiger partial charge in [0.25, 0.3) is 5.91 Å². The van der Waals surface area contributed by atoms with Crippen LogP contribution in [0.5, 0.6) is 0 Å². The standard InChI is InChI=1S/C19H25N3OS/c1-13-8-10-15(11-9-13)12-20-18(23)17-14(2)21-19(24-17)22-16-6-4-3-5-7-16/h8-11,16H,3-7,12H2,1-2H3,(H,20,23)(H,21,22). The van der Waals surface area contributed by atoms with E-state index >= 15 is 0 Å². The molecule has 0 atom stereocenters. The fraction of sp³-hybridized carbons (Fsp3) is 0.474. The summed E-state index contributed by atoms with van der Waals surface area (Å²) < 4.78 is 0. The van der Waals surface area contributed by atoms with Crippen molar-refractivity contribution in [2.45, 2.75) is 58.5 Å². The number of aromatic nitrogens is 1. The van der Waals surface area contributed by atoms with Gasteiger partial charge in [0.1, 0.15) is 4.88 Å². The van der Waals surface area contributed by atoms with Gasteiger partial charge in [-0.1, -0.05) is 60.4 Å². The van der Waals surface area contributed by atoms with Gasteiger partial charge >= 0.3 is 0 Å². The van der Waals surface area contributed by atoms with E-state index in [9.17, 15) is 4.79 Å². The van der Waals surface area contributed by atoms with Crippen molar-refractivity contribution in [3.05, 3.63) is 46.0 Å². The molecule has 0 saturated heterocycles. The summed E-state index contributed by atoms with van der Waals surface area (Å²) in [5, 5.41) is 7.38. The molecule has 0 bridgehead atoms. The first-order valence-electron chi connectivity index (χ1n) is 8.69. The van der Waals surface area contributed by atoms with Gasteiger partial charge in [-0.25, -0.2) is 4.98 Å². The van der Waals surface area contributed by atoms with E-state index in [-0.39, 0.29) is 5.91 Å². The topological polar surface area (TPSA) is 54.0 Å². The molecule has 1 heterocycles. The van der Waals surface area contributed by atoms with Crippen molar-refractivity contribution in [3.63, 3.8) is 0 Å². The van der Waals surface area contributed by atoms with Gasteiger partial charge in [0, 0.05) is 12.6 Å². The quantitative estimate of drug-likeness (QED) is 0.844. The van der Waals surface area contributed by atoms with E-state index in [1.807, 2.05) is 19.1 Å². The highest BCUT2D eigenvalue weighted by Crippen LogP contribution is 2.27. The predicted molar refractivity (Wildman–Crippen MR) is 99.7 cm³/mol. The highest BCUT2D eigenvalue weighted by molar-refractivity contribution is 7.17. The number of amides is 1. The molecule has 3 rings (SSSR count). The number of rotatable bonds is 5. The predicted octanol–water partition coefficient (Wildman–Crippen LogP) is 4.43. The van der Waals surface area contributed by atoms with E-state index in [4.69, 9.17) is 0 Å². The van der Waals surface area contributed by atoms with E-state index in [1.165, 1.54) is 49.0 Å². The van der Waals surface area contributed by atoms with Crippen LogP contribution in [0.4, 0.5) is 5.13 Å². The van der Waals surface area contributed by atoms with Crippen molar-refractivity contribution in [3.8, 4) is 0 Å². The number of aryl methyl sites for hydroxylation is 2. The van der Waals surface area contributed by atoms with E-state index in [0.717, 1.165) is 16.4 Å². The molecule has 0 spiro atoms. The summed E-state index contributed by atoms with van der Waals surface area (Å²) in [5.74, 6) is -0.0396. The van der Waals surface area contributed by atoms with Crippen LogP contribution in [0.3, 0.4) is 0 Å². The maximum absolute atomic E-state index is 12.4. The number of benzene rings is 1. The molecule has 1 aromatic carbocycles. The van der Waals surface area contributed by atoms with Crippen molar-refractivity contribution in [1.29, 1.82) is 0 Å². The van der Waals surface area contributed by atoms with Crippen LogP contribution in [0.15, 0.2) is 24.3 Å². The first-order valence-corrected chi connectivity index (χ1v) is 9.51. The second-order valence-corrected chi connectivity index (χ2v) is 7.58. The molecule has 2 aromatic rings. The number of hydrogen-bond acceptors (Lipinski definition) is 4. The van der Waals surface area contributed by atoms with Crippen molar-refractivity contribution in [1.82, 2.24) is 10.3 Å². The Morgan fingerprint density at radius 2 is 1.88 bits per heavy atom. The van der Waals surface area contributed by atoms with Gasteiger partial charge in [-0.3, -0.25) is 4.79 Å². The summed E-state index contributed by atoms with van der Waals surface area (Å²) >= 11 is 1.46. The summed E-state index contributed by atoms with van der Waals surface area (Å²) in [6.07, 6.45) is 6.31. The number of nitrogens with one attached hydrogen (secondary N) is 2. The zero-order valence-corrected chi connectivity index (χ0v) is 15.2. The number of carbonyl (C=O) groups excluding carboxylic acids is 1. The highest BCUT2D eigenvalue weighted by atomic mass is 32.1. The number of anilines is 1. The fourth-order valence-corrected chi connectivity index (χ4v) is 4.02. The molecule has 1 aliphatic rings. The second-order valence-electron chi connectivity index (χ2n) is 6.58. The molecule has 24 heavy (non-hydrogen) atoms. The van der Waals surface area contributed by atoms with Crippen molar-refractivity contribution in [2.75, 3.05) is 5.32 Å². The Kier molecular flexibility index (Phi) is 5.51. The number of carbonyl (C=O) groups is 1. The van der Waals surface area contributed by atoms with Crippen LogP contribution < -0.4 is 10.6 Å². The van der Waals surface area contributed by atoms with Crippen LogP contribution >= 0.6 is 11.3 Å². The minimum atomic E-state index is -0.0396. The molecule has 4 nitrogen and oxygen atoms in total. The minimum absolute atomic E-state index is 0.0396. The maximum Gasteiger partial charge on any atom is 0.263 e. The van der Waals surface area contributed by atoms with Crippen molar-refractivity contribution in [2.24, 2.45) is 0 Å². The van der Waals surface area contributed by atoms with Crippen LogP contribution in [0, 0.1) is 13.8 Å². The van der Waals surface area contributed by atoms with Crippen molar-refractivity contribution >= 4 is 22.4 Å². The highest BCUT2D eigenvalue weighted by Gasteiger charge is 2.18. The minimum Gasteiger partial charge on any atom is -0.359 e. The fourth-order valence-electron chi connectivity index (χ4n) is 3.06. The molecule has 5 heteroatoms. The lowest BCUT2D eigenvalue weighted by Crippen LogP contribution is -2.22. The van der Waals surface area contributed by atoms with Gasteiger partial charge in [-0.2, -0.15) is 0 Å². The Balaban J connectivity index is 1.59. The summed E-state index contributed by atoms with van der Waals surface area (Å²) in [6.45, 7) is 4.51. The normalized spacial score (nSPS) is 15.2. The Bertz CT molecular complexity index is 687. The van der Waals surface area contributed by atoms with Gasteiger partial charge in [-0.05, 0) is 32.3 Å². The van der Waals surface area contributed by atoms with Gasteiger partial charge in [0.15, 0.2) is 5.13 Å². The monoisotopic (exact) mass is 343 g/mol. The first kappa shape index (κ1) is 17.0. The van der Waals surface area contributed by atoms with E-state index in [1.54, 1.807) is 0 Å². The molecular weight excluding hydrogens is 318 g/mol. The molecule has 1 amide bonds. The lowest BCUT2D eigenvalue weighted by molar-refractivity contribution is 0.0954. The summed E-state index contributed by atoms with van der Waals surface area (Å²) in [6, 6.07) is 8.72. The van der Waals surface area contributed by atoms with Gasteiger partial charge in [-0.15, -0.1) is 0 Å². The smallest absolute Gasteiger partial charge is 0.263 e. The summed E-state index contributed by atoms with van der Waals surface area (Å²) in [4.78, 5) is 17.7. The van der Waals surface area contributed by atoms with Crippen molar-refractivity contribution < 1.29 is 4.79 Å². The SMILES string of the molecule is Cc1ccc(CNC(=O)c2sc(NC3CCCCC3)nc2C)cc1. The maximum atomic E-state index is 12.4. The summed E-state index contributed by atoms with van der Waals surface area (Å²) in [7, 11) is 0. The summed E-state index contributed by atoms with van der Waals surface area (Å²) in [5.41, 5.74) is 3.14.